The number of nitrogens with one attached hydrogen (secondary N) is 2. The van der Waals surface area contributed by atoms with Crippen LogP contribution < -0.4 is 15.0 Å². The first-order valence-corrected chi connectivity index (χ1v) is 10.3. The van der Waals surface area contributed by atoms with E-state index in [1.165, 1.54) is 0 Å². The van der Waals surface area contributed by atoms with Gasteiger partial charge in [-0.15, -0.1) is 0 Å². The molecule has 1 fully saturated rings. The van der Waals surface area contributed by atoms with Crippen molar-refractivity contribution >= 4 is 28.7 Å². The Balaban J connectivity index is 1.45. The van der Waals surface area contributed by atoms with Crippen molar-refractivity contribution in [1.29, 1.82) is 0 Å². The highest BCUT2D eigenvalue weighted by atomic mass is 16.5. The third kappa shape index (κ3) is 3.76. The Hall–Kier alpha value is -3.92. The number of hydrogen-bond donors (Lipinski definition) is 2. The largest absolute Gasteiger partial charge is 0.494 e. The molecule has 1 aliphatic rings. The fourth-order valence-corrected chi connectivity index (χ4v) is 3.80. The van der Waals surface area contributed by atoms with Gasteiger partial charge in [-0.3, -0.25) is 14.8 Å². The van der Waals surface area contributed by atoms with Gasteiger partial charge in [0.25, 0.3) is 5.91 Å². The molecule has 5 rings (SSSR count). The molecule has 0 bridgehead atoms. The molecule has 4 aromatic rings. The highest BCUT2D eigenvalue weighted by Gasteiger charge is 2.18. The highest BCUT2D eigenvalue weighted by molar-refractivity contribution is 6.05. The number of carbonyl (C=O) groups excluding carboxylic acids is 1. The van der Waals surface area contributed by atoms with E-state index in [-0.39, 0.29) is 5.91 Å². The zero-order chi connectivity index (χ0) is 22.1. The summed E-state index contributed by atoms with van der Waals surface area (Å²) >= 11 is 0. The average molecular weight is 433 g/mol. The van der Waals surface area contributed by atoms with Crippen LogP contribution in [0.2, 0.25) is 0 Å². The Kier molecular flexibility index (Phi) is 5.20. The molecule has 1 saturated heterocycles. The third-order valence-corrected chi connectivity index (χ3v) is 5.42. The number of anilines is 2. The van der Waals surface area contributed by atoms with Crippen molar-refractivity contribution in [3.63, 3.8) is 0 Å². The van der Waals surface area contributed by atoms with Crippen LogP contribution in [0.3, 0.4) is 0 Å². The second kappa shape index (κ2) is 8.31. The quantitative estimate of drug-likeness (QED) is 0.497. The number of aromatic amines is 1. The number of benzene rings is 1. The Bertz CT molecular complexity index is 1270. The number of amides is 1. The molecule has 164 valence electrons. The van der Waals surface area contributed by atoms with Crippen LogP contribution in [-0.2, 0) is 11.8 Å². The van der Waals surface area contributed by atoms with Crippen LogP contribution in [0.1, 0.15) is 10.4 Å². The maximum atomic E-state index is 13.0. The predicted molar refractivity (Wildman–Crippen MR) is 120 cm³/mol. The summed E-state index contributed by atoms with van der Waals surface area (Å²) in [4.78, 5) is 27.3. The van der Waals surface area contributed by atoms with Crippen LogP contribution in [0.4, 0.5) is 11.8 Å². The number of morpholine rings is 1. The first-order valence-electron chi connectivity index (χ1n) is 10.3. The van der Waals surface area contributed by atoms with E-state index in [0.29, 0.717) is 41.5 Å². The van der Waals surface area contributed by atoms with Gasteiger partial charge >= 0.3 is 0 Å². The third-order valence-electron chi connectivity index (χ3n) is 5.42. The number of hydrogen-bond acceptors (Lipinski definition) is 7. The number of H-pyrrole nitrogens is 1. The van der Waals surface area contributed by atoms with Gasteiger partial charge < -0.3 is 19.4 Å². The van der Waals surface area contributed by atoms with Crippen LogP contribution in [0, 0.1) is 0 Å². The molecule has 0 saturated carbocycles. The number of ether oxygens (including phenoxy) is 2. The zero-order valence-corrected chi connectivity index (χ0v) is 17.8. The van der Waals surface area contributed by atoms with Gasteiger partial charge in [0.15, 0.2) is 0 Å². The van der Waals surface area contributed by atoms with Gasteiger partial charge in [-0.2, -0.15) is 5.10 Å². The minimum atomic E-state index is -0.275. The zero-order valence-electron chi connectivity index (χ0n) is 17.8. The molecular weight excluding hydrogens is 410 g/mol. The van der Waals surface area contributed by atoms with Crippen molar-refractivity contribution in [2.75, 3.05) is 43.6 Å². The van der Waals surface area contributed by atoms with E-state index in [1.807, 2.05) is 25.4 Å². The van der Waals surface area contributed by atoms with E-state index in [1.54, 1.807) is 36.3 Å². The lowest BCUT2D eigenvalue weighted by atomic mass is 10.1. The van der Waals surface area contributed by atoms with Gasteiger partial charge in [0, 0.05) is 49.2 Å². The number of aryl methyl sites for hydroxylation is 1. The molecule has 10 heteroatoms. The molecule has 32 heavy (non-hydrogen) atoms. The fraction of sp³-hybridized carbons (Fsp3) is 0.273. The molecule has 0 aliphatic carbocycles. The molecule has 0 spiro atoms. The molecule has 0 unspecified atom stereocenters. The molecule has 10 nitrogen and oxygen atoms in total. The minimum absolute atomic E-state index is 0.275. The van der Waals surface area contributed by atoms with Crippen molar-refractivity contribution < 1.29 is 14.3 Å². The molecular formula is C22H23N7O3. The molecule has 0 atom stereocenters. The highest BCUT2D eigenvalue weighted by Crippen LogP contribution is 2.33. The molecule has 1 aromatic carbocycles. The summed E-state index contributed by atoms with van der Waals surface area (Å²) in [6.45, 7) is 2.80. The van der Waals surface area contributed by atoms with Gasteiger partial charge in [-0.1, -0.05) is 0 Å². The maximum Gasteiger partial charge on any atom is 0.258 e. The second-order valence-corrected chi connectivity index (χ2v) is 7.48. The lowest BCUT2D eigenvalue weighted by molar-refractivity contribution is 0.102. The number of carbonyl (C=O) groups is 1. The van der Waals surface area contributed by atoms with Gasteiger partial charge in [-0.25, -0.2) is 9.97 Å². The molecule has 0 radical (unpaired) electrons. The monoisotopic (exact) mass is 433 g/mol. The van der Waals surface area contributed by atoms with Crippen LogP contribution in [0.5, 0.6) is 5.75 Å². The van der Waals surface area contributed by atoms with E-state index < -0.39 is 0 Å². The lowest BCUT2D eigenvalue weighted by Gasteiger charge is -2.27. The standard InChI is InChI=1S/C22H23N7O3/c1-28-13-15(12-24-28)16-3-4-17(31-2)20-19(16)25-22(26-20)27-21(30)14-5-6-23-18(11-14)29-7-9-32-10-8-29/h3-6,11-13H,7-10H2,1-2H3,(H2,25,26,27,30). The summed E-state index contributed by atoms with van der Waals surface area (Å²) in [5, 5.41) is 7.10. The Morgan fingerprint density at radius 2 is 2.09 bits per heavy atom. The van der Waals surface area contributed by atoms with Crippen LogP contribution in [0.25, 0.3) is 22.2 Å². The first-order chi connectivity index (χ1) is 15.6. The number of aromatic nitrogens is 5. The van der Waals surface area contributed by atoms with E-state index in [4.69, 9.17) is 9.47 Å². The average Bonchev–Trinajstić information content (AvgIpc) is 3.45. The molecule has 2 N–H and O–H groups in total. The maximum absolute atomic E-state index is 13.0. The number of nitrogens with zero attached hydrogens (tertiary/aromatic N) is 5. The molecule has 1 amide bonds. The van der Waals surface area contributed by atoms with Gasteiger partial charge in [0.05, 0.1) is 26.5 Å². The van der Waals surface area contributed by atoms with E-state index in [9.17, 15) is 4.79 Å². The number of imidazole rings is 1. The van der Waals surface area contributed by atoms with E-state index >= 15 is 0 Å². The van der Waals surface area contributed by atoms with Crippen molar-refractivity contribution in [2.45, 2.75) is 0 Å². The first kappa shape index (κ1) is 20.0. The van der Waals surface area contributed by atoms with E-state index in [0.717, 1.165) is 30.0 Å². The summed E-state index contributed by atoms with van der Waals surface area (Å²) in [6.07, 6.45) is 5.33. The molecule has 4 heterocycles. The van der Waals surface area contributed by atoms with Crippen LogP contribution >= 0.6 is 0 Å². The van der Waals surface area contributed by atoms with Gasteiger partial charge in [0.2, 0.25) is 5.95 Å². The predicted octanol–water partition coefficient (Wildman–Crippen LogP) is 2.46. The van der Waals surface area contributed by atoms with Crippen molar-refractivity contribution in [3.8, 4) is 16.9 Å². The van der Waals surface area contributed by atoms with Crippen LogP contribution in [0.15, 0.2) is 42.9 Å². The van der Waals surface area contributed by atoms with Gasteiger partial charge in [-0.05, 0) is 24.3 Å². The number of rotatable bonds is 5. The fourth-order valence-electron chi connectivity index (χ4n) is 3.80. The molecule has 3 aromatic heterocycles. The van der Waals surface area contributed by atoms with Gasteiger partial charge in [0.1, 0.15) is 22.6 Å². The topological polar surface area (TPSA) is 110 Å². The lowest BCUT2D eigenvalue weighted by Crippen LogP contribution is -2.36. The Morgan fingerprint density at radius 1 is 1.25 bits per heavy atom. The summed E-state index contributed by atoms with van der Waals surface area (Å²) in [5.41, 5.74) is 3.71. The number of fused-ring (bicyclic) bond motifs is 1. The Labute approximate surface area is 184 Å². The SMILES string of the molecule is COc1ccc(-c2cnn(C)c2)c2nc(NC(=O)c3ccnc(N4CCOCC4)c3)[nH]c12. The summed E-state index contributed by atoms with van der Waals surface area (Å²) in [5.74, 6) is 1.46. The van der Waals surface area contributed by atoms with Crippen LogP contribution in [-0.4, -0.2) is 64.1 Å². The summed E-state index contributed by atoms with van der Waals surface area (Å²) in [7, 11) is 3.46. The number of methoxy groups -OCH3 is 1. The minimum Gasteiger partial charge on any atom is -0.494 e. The molecule has 1 aliphatic heterocycles. The smallest absolute Gasteiger partial charge is 0.258 e. The second-order valence-electron chi connectivity index (χ2n) is 7.48. The van der Waals surface area contributed by atoms with E-state index in [2.05, 4.69) is 30.3 Å². The number of pyridine rings is 1. The summed E-state index contributed by atoms with van der Waals surface area (Å²) in [6, 6.07) is 7.27. The van der Waals surface area contributed by atoms with Crippen molar-refractivity contribution in [2.24, 2.45) is 7.05 Å². The normalized spacial score (nSPS) is 14.0. The Morgan fingerprint density at radius 3 is 2.84 bits per heavy atom. The van der Waals surface area contributed by atoms with Crippen molar-refractivity contribution in [3.05, 3.63) is 48.4 Å². The van der Waals surface area contributed by atoms with Crippen molar-refractivity contribution in [1.82, 2.24) is 24.7 Å². The summed E-state index contributed by atoms with van der Waals surface area (Å²) < 4.78 is 12.6.